The number of methoxy groups -OCH3 is 1. The van der Waals surface area contributed by atoms with Crippen molar-refractivity contribution >= 4 is 0 Å². The van der Waals surface area contributed by atoms with E-state index in [-0.39, 0.29) is 6.10 Å². The van der Waals surface area contributed by atoms with Crippen molar-refractivity contribution in [3.05, 3.63) is 47.0 Å². The molecule has 0 saturated heterocycles. The molecule has 94 valence electrons. The van der Waals surface area contributed by atoms with Crippen LogP contribution in [-0.4, -0.2) is 13.2 Å². The lowest BCUT2D eigenvalue weighted by Crippen LogP contribution is -2.15. The Morgan fingerprint density at radius 1 is 1.11 bits per heavy atom. The topological polar surface area (TPSA) is 9.23 Å². The van der Waals surface area contributed by atoms with E-state index in [1.54, 1.807) is 7.11 Å². The average molecular weight is 240 g/mol. The molecule has 0 heterocycles. The SMILES string of the molecule is COC(C#Cc1ccccc1)C1=C(C)CCCC1. The van der Waals surface area contributed by atoms with Crippen LogP contribution in [0.25, 0.3) is 0 Å². The zero-order valence-electron chi connectivity index (χ0n) is 11.2. The van der Waals surface area contributed by atoms with Gasteiger partial charge in [0.1, 0.15) is 6.10 Å². The van der Waals surface area contributed by atoms with Crippen LogP contribution in [0.4, 0.5) is 0 Å². The highest BCUT2D eigenvalue weighted by Gasteiger charge is 2.16. The zero-order valence-corrected chi connectivity index (χ0v) is 11.2. The molecule has 1 aromatic rings. The van der Waals surface area contributed by atoms with E-state index < -0.39 is 0 Å². The lowest BCUT2D eigenvalue weighted by atomic mass is 9.89. The molecule has 0 aromatic heterocycles. The second-order valence-electron chi connectivity index (χ2n) is 4.76. The molecule has 1 aliphatic carbocycles. The van der Waals surface area contributed by atoms with Crippen molar-refractivity contribution in [3.8, 4) is 11.8 Å². The molecule has 0 amide bonds. The van der Waals surface area contributed by atoms with Crippen molar-refractivity contribution in [2.75, 3.05) is 7.11 Å². The first-order valence-electron chi connectivity index (χ1n) is 6.59. The molecule has 1 unspecified atom stereocenters. The fourth-order valence-electron chi connectivity index (χ4n) is 2.39. The highest BCUT2D eigenvalue weighted by Crippen LogP contribution is 2.27. The molecule has 1 aromatic carbocycles. The molecule has 2 rings (SSSR count). The fraction of sp³-hybridized carbons (Fsp3) is 0.412. The van der Waals surface area contributed by atoms with E-state index in [9.17, 15) is 0 Å². The maximum absolute atomic E-state index is 5.55. The predicted molar refractivity (Wildman–Crippen MR) is 75.3 cm³/mol. The quantitative estimate of drug-likeness (QED) is 0.562. The summed E-state index contributed by atoms with van der Waals surface area (Å²) in [5, 5.41) is 0. The molecule has 0 aliphatic heterocycles. The fourth-order valence-corrected chi connectivity index (χ4v) is 2.39. The van der Waals surface area contributed by atoms with E-state index >= 15 is 0 Å². The van der Waals surface area contributed by atoms with Gasteiger partial charge in [0.25, 0.3) is 0 Å². The van der Waals surface area contributed by atoms with E-state index in [0.29, 0.717) is 0 Å². The average Bonchev–Trinajstić information content (AvgIpc) is 2.42. The normalized spacial score (nSPS) is 17.0. The van der Waals surface area contributed by atoms with Crippen molar-refractivity contribution in [2.45, 2.75) is 38.7 Å². The molecule has 18 heavy (non-hydrogen) atoms. The number of hydrogen-bond acceptors (Lipinski definition) is 1. The highest BCUT2D eigenvalue weighted by atomic mass is 16.5. The third-order valence-electron chi connectivity index (χ3n) is 3.47. The maximum Gasteiger partial charge on any atom is 0.139 e. The summed E-state index contributed by atoms with van der Waals surface area (Å²) in [6.07, 6.45) is 4.86. The first-order chi connectivity index (χ1) is 8.81. The van der Waals surface area contributed by atoms with Crippen LogP contribution in [0.15, 0.2) is 41.5 Å². The molecule has 1 heteroatoms. The molecule has 0 radical (unpaired) electrons. The first-order valence-corrected chi connectivity index (χ1v) is 6.59. The summed E-state index contributed by atoms with van der Waals surface area (Å²) in [4.78, 5) is 0. The van der Waals surface area contributed by atoms with Gasteiger partial charge in [-0.1, -0.05) is 35.6 Å². The van der Waals surface area contributed by atoms with Gasteiger partial charge in [-0.2, -0.15) is 0 Å². The van der Waals surface area contributed by atoms with Crippen molar-refractivity contribution in [1.82, 2.24) is 0 Å². The first kappa shape index (κ1) is 12.9. The molecule has 0 fully saturated rings. The van der Waals surface area contributed by atoms with Crippen LogP contribution >= 0.6 is 0 Å². The van der Waals surface area contributed by atoms with Crippen LogP contribution in [0.1, 0.15) is 38.2 Å². The molecule has 1 nitrogen and oxygen atoms in total. The van der Waals surface area contributed by atoms with E-state index in [1.807, 2.05) is 30.3 Å². The van der Waals surface area contributed by atoms with Crippen LogP contribution in [0.3, 0.4) is 0 Å². The summed E-state index contributed by atoms with van der Waals surface area (Å²) in [7, 11) is 1.75. The minimum Gasteiger partial charge on any atom is -0.364 e. The Hall–Kier alpha value is -1.52. The van der Waals surface area contributed by atoms with Crippen LogP contribution in [0, 0.1) is 11.8 Å². The number of hydrogen-bond donors (Lipinski definition) is 0. The van der Waals surface area contributed by atoms with Crippen molar-refractivity contribution in [2.24, 2.45) is 0 Å². The Kier molecular flexibility index (Phi) is 4.61. The van der Waals surface area contributed by atoms with Gasteiger partial charge >= 0.3 is 0 Å². The Labute approximate surface area is 110 Å². The van der Waals surface area contributed by atoms with Crippen molar-refractivity contribution in [1.29, 1.82) is 0 Å². The van der Waals surface area contributed by atoms with Crippen LogP contribution in [0.5, 0.6) is 0 Å². The second-order valence-corrected chi connectivity index (χ2v) is 4.76. The van der Waals surface area contributed by atoms with Gasteiger partial charge in [0.2, 0.25) is 0 Å². The highest BCUT2D eigenvalue weighted by molar-refractivity contribution is 5.37. The predicted octanol–water partition coefficient (Wildman–Crippen LogP) is 3.94. The van der Waals surface area contributed by atoms with Gasteiger partial charge in [-0.3, -0.25) is 0 Å². The molecular formula is C17H20O. The zero-order chi connectivity index (χ0) is 12.8. The lowest BCUT2D eigenvalue weighted by Gasteiger charge is -2.21. The third-order valence-corrected chi connectivity index (χ3v) is 3.47. The smallest absolute Gasteiger partial charge is 0.139 e. The summed E-state index contributed by atoms with van der Waals surface area (Å²) in [6.45, 7) is 2.21. The molecule has 0 spiro atoms. The van der Waals surface area contributed by atoms with Crippen molar-refractivity contribution in [3.63, 3.8) is 0 Å². The molecule has 0 N–H and O–H groups in total. The van der Waals surface area contributed by atoms with Crippen LogP contribution < -0.4 is 0 Å². The molecular weight excluding hydrogens is 220 g/mol. The summed E-state index contributed by atoms with van der Waals surface area (Å²) in [5.74, 6) is 6.46. The van der Waals surface area contributed by atoms with E-state index in [4.69, 9.17) is 4.74 Å². The van der Waals surface area contributed by atoms with Gasteiger partial charge in [-0.15, -0.1) is 0 Å². The molecule has 0 saturated carbocycles. The van der Waals surface area contributed by atoms with Gasteiger partial charge in [0.15, 0.2) is 0 Å². The monoisotopic (exact) mass is 240 g/mol. The minimum atomic E-state index is -0.0366. The Bertz CT molecular complexity index is 473. The third kappa shape index (κ3) is 3.24. The number of ether oxygens (including phenoxy) is 1. The van der Waals surface area contributed by atoms with Gasteiger partial charge in [-0.05, 0) is 50.3 Å². The second kappa shape index (κ2) is 6.42. The largest absolute Gasteiger partial charge is 0.364 e. The number of benzene rings is 1. The number of allylic oxidation sites excluding steroid dienone is 1. The molecule has 0 bridgehead atoms. The molecule has 1 aliphatic rings. The van der Waals surface area contributed by atoms with E-state index in [1.165, 1.54) is 30.4 Å². The summed E-state index contributed by atoms with van der Waals surface area (Å²) in [6, 6.07) is 10.1. The van der Waals surface area contributed by atoms with Crippen molar-refractivity contribution < 1.29 is 4.74 Å². The number of rotatable bonds is 2. The van der Waals surface area contributed by atoms with E-state index in [0.717, 1.165) is 12.0 Å². The van der Waals surface area contributed by atoms with Gasteiger partial charge < -0.3 is 4.74 Å². The summed E-state index contributed by atoms with van der Waals surface area (Å²) < 4.78 is 5.55. The minimum absolute atomic E-state index is 0.0366. The lowest BCUT2D eigenvalue weighted by molar-refractivity contribution is 0.170. The van der Waals surface area contributed by atoms with Gasteiger partial charge in [-0.25, -0.2) is 0 Å². The van der Waals surface area contributed by atoms with Crippen LogP contribution in [0.2, 0.25) is 0 Å². The summed E-state index contributed by atoms with van der Waals surface area (Å²) in [5.41, 5.74) is 3.91. The maximum atomic E-state index is 5.55. The van der Waals surface area contributed by atoms with Crippen LogP contribution in [-0.2, 0) is 4.74 Å². The van der Waals surface area contributed by atoms with Gasteiger partial charge in [0.05, 0.1) is 0 Å². The Balaban J connectivity index is 2.18. The molecule has 1 atom stereocenters. The summed E-state index contributed by atoms with van der Waals surface area (Å²) >= 11 is 0. The standard InChI is InChI=1S/C17H20O/c1-14-8-6-7-11-16(14)17(18-2)13-12-15-9-4-3-5-10-15/h3-5,9-10,17H,6-8,11H2,1-2H3. The Morgan fingerprint density at radius 2 is 1.83 bits per heavy atom. The van der Waals surface area contributed by atoms with Gasteiger partial charge in [0, 0.05) is 12.7 Å². The Morgan fingerprint density at radius 3 is 2.50 bits per heavy atom. The van der Waals surface area contributed by atoms with E-state index in [2.05, 4.69) is 18.8 Å².